The highest BCUT2D eigenvalue weighted by Crippen LogP contribution is 2.29. The lowest BCUT2D eigenvalue weighted by molar-refractivity contribution is -0.123. The van der Waals surface area contributed by atoms with Crippen LogP contribution in [0.3, 0.4) is 0 Å². The van der Waals surface area contributed by atoms with E-state index < -0.39 is 0 Å². The van der Waals surface area contributed by atoms with Gasteiger partial charge < -0.3 is 10.6 Å². The minimum Gasteiger partial charge on any atom is -0.353 e. The normalized spacial score (nSPS) is 22.9. The second kappa shape index (κ2) is 9.54. The Morgan fingerprint density at radius 1 is 0.964 bits per heavy atom. The number of benzene rings is 2. The molecule has 1 aliphatic rings. The topological polar surface area (TPSA) is 58.2 Å². The molecule has 0 spiro atoms. The lowest BCUT2D eigenvalue weighted by Crippen LogP contribution is -2.45. The summed E-state index contributed by atoms with van der Waals surface area (Å²) in [7, 11) is 0. The van der Waals surface area contributed by atoms with Gasteiger partial charge >= 0.3 is 0 Å². The summed E-state index contributed by atoms with van der Waals surface area (Å²) in [5.74, 6) is 0.934. The van der Waals surface area contributed by atoms with Gasteiger partial charge in [-0.15, -0.1) is 0 Å². The Labute approximate surface area is 167 Å². The quantitative estimate of drug-likeness (QED) is 0.778. The van der Waals surface area contributed by atoms with Crippen molar-refractivity contribution in [2.75, 3.05) is 0 Å². The average molecular weight is 379 g/mol. The van der Waals surface area contributed by atoms with E-state index in [9.17, 15) is 9.59 Å². The maximum Gasteiger partial charge on any atom is 0.251 e. The smallest absolute Gasteiger partial charge is 0.251 e. The first-order valence-electron chi connectivity index (χ1n) is 10.2. The van der Waals surface area contributed by atoms with Crippen molar-refractivity contribution >= 4 is 11.8 Å². The molecule has 0 unspecified atom stereocenters. The zero-order valence-corrected chi connectivity index (χ0v) is 16.7. The third kappa shape index (κ3) is 5.22. The molecule has 4 heteroatoms. The van der Waals surface area contributed by atoms with Crippen LogP contribution in [0.1, 0.15) is 61.5 Å². The molecule has 1 fully saturated rings. The molecule has 0 aliphatic heterocycles. The van der Waals surface area contributed by atoms with Gasteiger partial charge in [0.2, 0.25) is 5.91 Å². The number of amides is 2. The molecular weight excluding hydrogens is 348 g/mol. The van der Waals surface area contributed by atoms with Crippen molar-refractivity contribution in [1.29, 1.82) is 0 Å². The van der Waals surface area contributed by atoms with Gasteiger partial charge in [0.25, 0.3) is 5.91 Å². The summed E-state index contributed by atoms with van der Waals surface area (Å²) in [6.07, 6.45) is 3.65. The fraction of sp³-hybridized carbons (Fsp3) is 0.417. The van der Waals surface area contributed by atoms with Gasteiger partial charge in [-0.05, 0) is 36.0 Å². The first-order chi connectivity index (χ1) is 13.5. The third-order valence-electron chi connectivity index (χ3n) is 5.99. The number of carbonyl (C=O) groups excluding carboxylic acids is 2. The highest BCUT2D eigenvalue weighted by atomic mass is 16.2. The Balaban J connectivity index is 1.69. The fourth-order valence-corrected chi connectivity index (χ4v) is 4.01. The van der Waals surface area contributed by atoms with Crippen LogP contribution in [0.5, 0.6) is 0 Å². The molecule has 3 rings (SSSR count). The number of hydrogen-bond donors (Lipinski definition) is 2. The van der Waals surface area contributed by atoms with E-state index in [0.29, 0.717) is 17.4 Å². The van der Waals surface area contributed by atoms with Crippen molar-refractivity contribution in [2.24, 2.45) is 11.8 Å². The Morgan fingerprint density at radius 2 is 1.61 bits per heavy atom. The fourth-order valence-electron chi connectivity index (χ4n) is 4.01. The molecule has 0 saturated heterocycles. The molecular formula is C24H30N2O2. The Bertz CT molecular complexity index is 776. The molecule has 2 amide bonds. The summed E-state index contributed by atoms with van der Waals surface area (Å²) in [5.41, 5.74) is 1.53. The minimum absolute atomic E-state index is 0.00633. The predicted octanol–water partition coefficient (Wildman–Crippen LogP) is 4.49. The third-order valence-corrected chi connectivity index (χ3v) is 5.99. The molecule has 28 heavy (non-hydrogen) atoms. The summed E-state index contributed by atoms with van der Waals surface area (Å²) < 4.78 is 0. The van der Waals surface area contributed by atoms with Crippen LogP contribution in [-0.2, 0) is 4.79 Å². The van der Waals surface area contributed by atoms with Crippen molar-refractivity contribution in [2.45, 2.75) is 51.6 Å². The molecule has 4 atom stereocenters. The maximum atomic E-state index is 12.8. The van der Waals surface area contributed by atoms with E-state index in [0.717, 1.165) is 18.4 Å². The second-order valence-corrected chi connectivity index (χ2v) is 7.95. The van der Waals surface area contributed by atoms with E-state index in [-0.39, 0.29) is 30.3 Å². The molecule has 0 aromatic heterocycles. The van der Waals surface area contributed by atoms with Crippen LogP contribution in [0, 0.1) is 11.8 Å². The first kappa shape index (κ1) is 20.1. The number of hydrogen-bond acceptors (Lipinski definition) is 2. The summed E-state index contributed by atoms with van der Waals surface area (Å²) in [6, 6.07) is 18.7. The zero-order valence-electron chi connectivity index (χ0n) is 16.7. The highest BCUT2D eigenvalue weighted by molar-refractivity contribution is 5.94. The van der Waals surface area contributed by atoms with Crippen LogP contribution in [0.25, 0.3) is 0 Å². The van der Waals surface area contributed by atoms with E-state index in [1.165, 1.54) is 6.42 Å². The van der Waals surface area contributed by atoms with Gasteiger partial charge in [0.15, 0.2) is 0 Å². The van der Waals surface area contributed by atoms with Crippen LogP contribution in [0.15, 0.2) is 60.7 Å². The second-order valence-electron chi connectivity index (χ2n) is 7.95. The van der Waals surface area contributed by atoms with Crippen molar-refractivity contribution in [3.63, 3.8) is 0 Å². The van der Waals surface area contributed by atoms with Gasteiger partial charge in [0.05, 0.1) is 12.5 Å². The number of nitrogens with one attached hydrogen (secondary N) is 2. The molecule has 0 radical (unpaired) electrons. The monoisotopic (exact) mass is 378 g/mol. The lowest BCUT2D eigenvalue weighted by Gasteiger charge is -2.35. The molecule has 4 nitrogen and oxygen atoms in total. The van der Waals surface area contributed by atoms with Crippen LogP contribution < -0.4 is 10.6 Å². The zero-order chi connectivity index (χ0) is 19.9. The summed E-state index contributed by atoms with van der Waals surface area (Å²) in [6.45, 7) is 4.48. The van der Waals surface area contributed by atoms with Crippen molar-refractivity contribution in [3.05, 3.63) is 71.8 Å². The predicted molar refractivity (Wildman–Crippen MR) is 112 cm³/mol. The van der Waals surface area contributed by atoms with E-state index in [4.69, 9.17) is 0 Å². The standard InChI is InChI=1S/C24H30N2O2/c1-17-10-9-15-21(18(17)2)25-23(27)16-22(19-11-5-3-6-12-19)26-24(28)20-13-7-4-8-14-20/h3-8,11-14,17-18,21-22H,9-10,15-16H2,1-2H3,(H,25,27)(H,26,28)/t17-,18-,21+,22-/m1/s1. The van der Waals surface area contributed by atoms with Crippen LogP contribution in [-0.4, -0.2) is 17.9 Å². The number of carbonyl (C=O) groups is 2. The molecule has 148 valence electrons. The minimum atomic E-state index is -0.356. The summed E-state index contributed by atoms with van der Waals surface area (Å²) in [4.78, 5) is 25.5. The number of rotatable bonds is 6. The Hall–Kier alpha value is -2.62. The molecule has 2 aromatic rings. The molecule has 0 heterocycles. The molecule has 1 saturated carbocycles. The first-order valence-corrected chi connectivity index (χ1v) is 10.2. The SMILES string of the molecule is C[C@@H]1[C@H](C)CCC[C@@H]1NC(=O)C[C@@H](NC(=O)c1ccccc1)c1ccccc1. The van der Waals surface area contributed by atoms with E-state index in [2.05, 4.69) is 24.5 Å². The molecule has 2 N–H and O–H groups in total. The van der Waals surface area contributed by atoms with E-state index >= 15 is 0 Å². The lowest BCUT2D eigenvalue weighted by atomic mass is 9.78. The molecule has 1 aliphatic carbocycles. The van der Waals surface area contributed by atoms with Crippen LogP contribution in [0.4, 0.5) is 0 Å². The Morgan fingerprint density at radius 3 is 2.29 bits per heavy atom. The summed E-state index contributed by atoms with van der Waals surface area (Å²) in [5, 5.41) is 6.26. The van der Waals surface area contributed by atoms with Crippen LogP contribution in [0.2, 0.25) is 0 Å². The van der Waals surface area contributed by atoms with Crippen molar-refractivity contribution in [1.82, 2.24) is 10.6 Å². The maximum absolute atomic E-state index is 12.8. The van der Waals surface area contributed by atoms with Gasteiger partial charge in [0, 0.05) is 11.6 Å². The highest BCUT2D eigenvalue weighted by Gasteiger charge is 2.29. The van der Waals surface area contributed by atoms with E-state index in [1.54, 1.807) is 12.1 Å². The van der Waals surface area contributed by atoms with E-state index in [1.807, 2.05) is 48.5 Å². The molecule has 0 bridgehead atoms. The average Bonchev–Trinajstić information content (AvgIpc) is 2.72. The summed E-state index contributed by atoms with van der Waals surface area (Å²) >= 11 is 0. The van der Waals surface area contributed by atoms with Gasteiger partial charge in [-0.25, -0.2) is 0 Å². The van der Waals surface area contributed by atoms with Gasteiger partial charge in [-0.3, -0.25) is 9.59 Å². The van der Waals surface area contributed by atoms with Gasteiger partial charge in [0.1, 0.15) is 0 Å². The largest absolute Gasteiger partial charge is 0.353 e. The van der Waals surface area contributed by atoms with Gasteiger partial charge in [-0.2, -0.15) is 0 Å². The van der Waals surface area contributed by atoms with Crippen molar-refractivity contribution in [3.8, 4) is 0 Å². The van der Waals surface area contributed by atoms with Gasteiger partial charge in [-0.1, -0.05) is 75.2 Å². The Kier molecular flexibility index (Phi) is 6.85. The molecule has 2 aromatic carbocycles. The van der Waals surface area contributed by atoms with Crippen LogP contribution >= 0.6 is 0 Å². The van der Waals surface area contributed by atoms with Crippen molar-refractivity contribution < 1.29 is 9.59 Å².